The molecule has 0 atom stereocenters. The maximum absolute atomic E-state index is 11.3. The van der Waals surface area contributed by atoms with E-state index in [1.165, 1.54) is 6.07 Å². The first kappa shape index (κ1) is 16.1. The molecule has 0 saturated heterocycles. The Morgan fingerprint density at radius 1 is 1.45 bits per heavy atom. The van der Waals surface area contributed by atoms with Crippen molar-refractivity contribution in [1.82, 2.24) is 4.90 Å². The minimum absolute atomic E-state index is 0.126. The summed E-state index contributed by atoms with van der Waals surface area (Å²) in [4.78, 5) is 23.7. The molecular weight excluding hydrogens is 260 g/mol. The summed E-state index contributed by atoms with van der Waals surface area (Å²) >= 11 is 0. The molecule has 6 nitrogen and oxygen atoms in total. The van der Waals surface area contributed by atoms with E-state index < -0.39 is 0 Å². The highest BCUT2D eigenvalue weighted by atomic mass is 16.6. The normalized spacial score (nSPS) is 10.6. The summed E-state index contributed by atoms with van der Waals surface area (Å²) in [5.41, 5.74) is 1.69. The molecule has 110 valence electrons. The summed E-state index contributed by atoms with van der Waals surface area (Å²) in [6.45, 7) is 5.02. The van der Waals surface area contributed by atoms with Gasteiger partial charge in [-0.3, -0.25) is 14.9 Å². The number of carbonyl (C=O) groups is 1. The van der Waals surface area contributed by atoms with Crippen molar-refractivity contribution in [2.75, 3.05) is 20.2 Å². The smallest absolute Gasteiger partial charge is 0.307 e. The van der Waals surface area contributed by atoms with Crippen molar-refractivity contribution in [2.45, 2.75) is 26.8 Å². The molecule has 1 aromatic rings. The molecule has 20 heavy (non-hydrogen) atoms. The molecule has 0 heterocycles. The van der Waals surface area contributed by atoms with E-state index in [4.69, 9.17) is 4.74 Å². The number of nitro groups is 1. The van der Waals surface area contributed by atoms with Crippen molar-refractivity contribution >= 4 is 11.7 Å². The molecular formula is C14H20N2O4. The van der Waals surface area contributed by atoms with E-state index in [0.29, 0.717) is 31.7 Å². The lowest BCUT2D eigenvalue weighted by atomic mass is 10.1. The molecule has 1 aromatic carbocycles. The number of nitro benzene ring substituents is 1. The average molecular weight is 280 g/mol. The summed E-state index contributed by atoms with van der Waals surface area (Å²) in [5, 5.41) is 10.9. The van der Waals surface area contributed by atoms with Crippen LogP contribution in [0.4, 0.5) is 5.69 Å². The SMILES string of the molecule is CCOC(=O)CCN(C)Cc1cccc([N+](=O)[O-])c1C. The first-order valence-electron chi connectivity index (χ1n) is 6.52. The van der Waals surface area contributed by atoms with Crippen LogP contribution in [0, 0.1) is 17.0 Å². The highest BCUT2D eigenvalue weighted by Crippen LogP contribution is 2.21. The van der Waals surface area contributed by atoms with Crippen LogP contribution in [0.2, 0.25) is 0 Å². The number of hydrogen-bond donors (Lipinski definition) is 0. The van der Waals surface area contributed by atoms with E-state index in [1.54, 1.807) is 19.9 Å². The van der Waals surface area contributed by atoms with Gasteiger partial charge in [0.15, 0.2) is 0 Å². The highest BCUT2D eigenvalue weighted by molar-refractivity contribution is 5.69. The monoisotopic (exact) mass is 280 g/mol. The van der Waals surface area contributed by atoms with Crippen LogP contribution < -0.4 is 0 Å². The van der Waals surface area contributed by atoms with Gasteiger partial charge in [0, 0.05) is 24.7 Å². The third-order valence-electron chi connectivity index (χ3n) is 3.06. The van der Waals surface area contributed by atoms with E-state index in [2.05, 4.69) is 0 Å². The van der Waals surface area contributed by atoms with Crippen LogP contribution in [-0.4, -0.2) is 36.0 Å². The fraction of sp³-hybridized carbons (Fsp3) is 0.500. The minimum Gasteiger partial charge on any atom is -0.466 e. The molecule has 0 aliphatic rings. The molecule has 0 spiro atoms. The molecule has 0 aliphatic heterocycles. The lowest BCUT2D eigenvalue weighted by Crippen LogP contribution is -2.22. The first-order chi connectivity index (χ1) is 9.45. The van der Waals surface area contributed by atoms with Gasteiger partial charge < -0.3 is 9.64 Å². The lowest BCUT2D eigenvalue weighted by molar-refractivity contribution is -0.385. The second-order valence-electron chi connectivity index (χ2n) is 4.61. The summed E-state index contributed by atoms with van der Waals surface area (Å²) in [6.07, 6.45) is 0.318. The highest BCUT2D eigenvalue weighted by Gasteiger charge is 2.14. The maximum Gasteiger partial charge on any atom is 0.307 e. The molecule has 0 saturated carbocycles. The van der Waals surface area contributed by atoms with Gasteiger partial charge in [-0.2, -0.15) is 0 Å². The van der Waals surface area contributed by atoms with Gasteiger partial charge in [-0.15, -0.1) is 0 Å². The van der Waals surface area contributed by atoms with Gasteiger partial charge in [0.25, 0.3) is 5.69 Å². The number of nitrogens with zero attached hydrogens (tertiary/aromatic N) is 2. The Morgan fingerprint density at radius 2 is 2.15 bits per heavy atom. The molecule has 0 aliphatic carbocycles. The zero-order valence-corrected chi connectivity index (χ0v) is 12.1. The third kappa shape index (κ3) is 4.62. The van der Waals surface area contributed by atoms with E-state index in [9.17, 15) is 14.9 Å². The molecule has 0 fully saturated rings. The molecule has 0 unspecified atom stereocenters. The van der Waals surface area contributed by atoms with Gasteiger partial charge in [-0.05, 0) is 26.5 Å². The van der Waals surface area contributed by atoms with Crippen molar-refractivity contribution in [3.05, 3.63) is 39.4 Å². The van der Waals surface area contributed by atoms with Gasteiger partial charge in [0.05, 0.1) is 18.0 Å². The minimum atomic E-state index is -0.378. The number of hydrogen-bond acceptors (Lipinski definition) is 5. The Labute approximate surface area is 118 Å². The number of rotatable bonds is 7. The molecule has 6 heteroatoms. The summed E-state index contributed by atoms with van der Waals surface area (Å²) < 4.78 is 4.86. The molecule has 0 N–H and O–H groups in total. The van der Waals surface area contributed by atoms with Crippen LogP contribution in [0.25, 0.3) is 0 Å². The van der Waals surface area contributed by atoms with E-state index in [1.807, 2.05) is 18.0 Å². The standard InChI is InChI=1S/C14H20N2O4/c1-4-20-14(17)8-9-15(3)10-12-6-5-7-13(11(12)2)16(18)19/h5-7H,4,8-10H2,1-3H3. The van der Waals surface area contributed by atoms with Gasteiger partial charge in [-0.1, -0.05) is 12.1 Å². The topological polar surface area (TPSA) is 72.7 Å². The number of carbonyl (C=O) groups excluding carboxylic acids is 1. The van der Waals surface area contributed by atoms with Crippen molar-refractivity contribution in [2.24, 2.45) is 0 Å². The van der Waals surface area contributed by atoms with E-state index in [0.717, 1.165) is 5.56 Å². The van der Waals surface area contributed by atoms with Crippen LogP contribution in [0.15, 0.2) is 18.2 Å². The zero-order chi connectivity index (χ0) is 15.1. The fourth-order valence-electron chi connectivity index (χ4n) is 1.92. The van der Waals surface area contributed by atoms with E-state index in [-0.39, 0.29) is 16.6 Å². The summed E-state index contributed by atoms with van der Waals surface area (Å²) in [5.74, 6) is -0.227. The Morgan fingerprint density at radius 3 is 2.75 bits per heavy atom. The molecule has 1 rings (SSSR count). The second kappa shape index (κ2) is 7.59. The maximum atomic E-state index is 11.3. The summed E-state index contributed by atoms with van der Waals surface area (Å²) in [6, 6.07) is 5.04. The average Bonchev–Trinajstić information content (AvgIpc) is 2.39. The quantitative estimate of drug-likeness (QED) is 0.435. The van der Waals surface area contributed by atoms with E-state index >= 15 is 0 Å². The van der Waals surface area contributed by atoms with Crippen molar-refractivity contribution in [3.8, 4) is 0 Å². The van der Waals surface area contributed by atoms with Crippen molar-refractivity contribution < 1.29 is 14.5 Å². The largest absolute Gasteiger partial charge is 0.466 e. The lowest BCUT2D eigenvalue weighted by Gasteiger charge is -2.17. The van der Waals surface area contributed by atoms with Crippen LogP contribution in [0.3, 0.4) is 0 Å². The number of ether oxygens (including phenoxy) is 1. The molecule has 0 amide bonds. The van der Waals surface area contributed by atoms with Crippen LogP contribution in [-0.2, 0) is 16.1 Å². The van der Waals surface area contributed by atoms with Gasteiger partial charge in [0.1, 0.15) is 0 Å². The van der Waals surface area contributed by atoms with Crippen LogP contribution in [0.5, 0.6) is 0 Å². The molecule has 0 aromatic heterocycles. The van der Waals surface area contributed by atoms with Gasteiger partial charge in [-0.25, -0.2) is 0 Å². The Bertz CT molecular complexity index is 488. The predicted molar refractivity (Wildman–Crippen MR) is 75.4 cm³/mol. The van der Waals surface area contributed by atoms with Crippen molar-refractivity contribution in [3.63, 3.8) is 0 Å². The Balaban J connectivity index is 2.62. The van der Waals surface area contributed by atoms with Crippen LogP contribution in [0.1, 0.15) is 24.5 Å². The van der Waals surface area contributed by atoms with Crippen LogP contribution >= 0.6 is 0 Å². The molecule has 0 radical (unpaired) electrons. The second-order valence-corrected chi connectivity index (χ2v) is 4.61. The third-order valence-corrected chi connectivity index (χ3v) is 3.06. The molecule has 0 bridgehead atoms. The fourth-order valence-corrected chi connectivity index (χ4v) is 1.92. The van der Waals surface area contributed by atoms with Gasteiger partial charge >= 0.3 is 5.97 Å². The Kier molecular flexibility index (Phi) is 6.11. The van der Waals surface area contributed by atoms with Crippen molar-refractivity contribution in [1.29, 1.82) is 0 Å². The van der Waals surface area contributed by atoms with Gasteiger partial charge in [0.2, 0.25) is 0 Å². The number of benzene rings is 1. The zero-order valence-electron chi connectivity index (χ0n) is 12.1. The summed E-state index contributed by atoms with van der Waals surface area (Å²) in [7, 11) is 1.87. The first-order valence-corrected chi connectivity index (χ1v) is 6.52. The Hall–Kier alpha value is -1.95. The predicted octanol–water partition coefficient (Wildman–Crippen LogP) is 2.29. The number of esters is 1.